The Morgan fingerprint density at radius 3 is 2.75 bits per heavy atom. The number of hydrogen-bond donors (Lipinski definition) is 1. The van der Waals surface area contributed by atoms with E-state index in [2.05, 4.69) is 15.9 Å². The number of carbonyl (C=O) groups is 1. The van der Waals surface area contributed by atoms with Crippen molar-refractivity contribution in [3.63, 3.8) is 0 Å². The summed E-state index contributed by atoms with van der Waals surface area (Å²) in [7, 11) is 1.66. The Morgan fingerprint density at radius 2 is 2.19 bits per heavy atom. The lowest BCUT2D eigenvalue weighted by atomic mass is 10.0. The van der Waals surface area contributed by atoms with Gasteiger partial charge in [-0.1, -0.05) is 15.9 Å². The van der Waals surface area contributed by atoms with Crippen molar-refractivity contribution in [2.75, 3.05) is 13.7 Å². The molecule has 0 amide bonds. The van der Waals surface area contributed by atoms with Gasteiger partial charge in [-0.3, -0.25) is 0 Å². The maximum Gasteiger partial charge on any atom is 0.335 e. The molecule has 4 heteroatoms. The van der Waals surface area contributed by atoms with Crippen molar-refractivity contribution in [3.05, 3.63) is 33.3 Å². The third-order valence-electron chi connectivity index (χ3n) is 2.49. The van der Waals surface area contributed by atoms with Gasteiger partial charge in [-0.15, -0.1) is 0 Å². The lowest BCUT2D eigenvalue weighted by Crippen LogP contribution is -2.01. The molecule has 88 valence electrons. The van der Waals surface area contributed by atoms with Crippen LogP contribution < -0.4 is 0 Å². The average molecular weight is 287 g/mol. The van der Waals surface area contributed by atoms with Crippen molar-refractivity contribution in [2.24, 2.45) is 0 Å². The van der Waals surface area contributed by atoms with E-state index in [0.717, 1.165) is 28.4 Å². The summed E-state index contributed by atoms with van der Waals surface area (Å²) in [6, 6.07) is 3.37. The van der Waals surface area contributed by atoms with E-state index < -0.39 is 5.97 Å². The number of aryl methyl sites for hydroxylation is 1. The van der Waals surface area contributed by atoms with Crippen LogP contribution in [0.25, 0.3) is 0 Å². The average Bonchev–Trinajstić information content (AvgIpc) is 2.24. The van der Waals surface area contributed by atoms with E-state index in [1.165, 1.54) is 0 Å². The van der Waals surface area contributed by atoms with Crippen LogP contribution in [0.15, 0.2) is 16.6 Å². The topological polar surface area (TPSA) is 46.5 Å². The largest absolute Gasteiger partial charge is 0.478 e. The van der Waals surface area contributed by atoms with E-state index in [-0.39, 0.29) is 0 Å². The molecule has 0 atom stereocenters. The molecule has 0 aliphatic carbocycles. The van der Waals surface area contributed by atoms with Crippen LogP contribution in [0, 0.1) is 6.92 Å². The van der Waals surface area contributed by atoms with E-state index in [1.54, 1.807) is 19.2 Å². The highest BCUT2D eigenvalue weighted by Crippen LogP contribution is 2.23. The third kappa shape index (κ3) is 3.32. The fourth-order valence-corrected chi connectivity index (χ4v) is 2.03. The summed E-state index contributed by atoms with van der Waals surface area (Å²) in [5.41, 5.74) is 2.48. The fraction of sp³-hybridized carbons (Fsp3) is 0.417. The first kappa shape index (κ1) is 13.2. The molecule has 0 aromatic heterocycles. The predicted molar refractivity (Wildman–Crippen MR) is 66.0 cm³/mol. The van der Waals surface area contributed by atoms with Crippen molar-refractivity contribution in [2.45, 2.75) is 19.8 Å². The highest BCUT2D eigenvalue weighted by atomic mass is 79.9. The molecule has 0 unspecified atom stereocenters. The van der Waals surface area contributed by atoms with Gasteiger partial charge >= 0.3 is 5.97 Å². The quantitative estimate of drug-likeness (QED) is 0.847. The van der Waals surface area contributed by atoms with Crippen LogP contribution in [0.1, 0.15) is 27.9 Å². The van der Waals surface area contributed by atoms with Crippen molar-refractivity contribution >= 4 is 21.9 Å². The van der Waals surface area contributed by atoms with E-state index in [9.17, 15) is 4.79 Å². The monoisotopic (exact) mass is 286 g/mol. The van der Waals surface area contributed by atoms with Gasteiger partial charge in [-0.05, 0) is 43.0 Å². The van der Waals surface area contributed by atoms with Gasteiger partial charge < -0.3 is 9.84 Å². The van der Waals surface area contributed by atoms with E-state index in [4.69, 9.17) is 9.84 Å². The van der Waals surface area contributed by atoms with Gasteiger partial charge in [-0.25, -0.2) is 4.79 Å². The molecular weight excluding hydrogens is 272 g/mol. The summed E-state index contributed by atoms with van der Waals surface area (Å²) >= 11 is 3.38. The maximum absolute atomic E-state index is 10.9. The lowest BCUT2D eigenvalue weighted by Gasteiger charge is -2.09. The number of ether oxygens (including phenoxy) is 1. The van der Waals surface area contributed by atoms with Gasteiger partial charge in [0.15, 0.2) is 0 Å². The standard InChI is InChI=1S/C12H15BrO3/c1-8-9(4-3-5-16-2)6-10(12(14)15)7-11(8)13/h6-7H,3-5H2,1-2H3,(H,14,15). The minimum atomic E-state index is -0.895. The Bertz CT molecular complexity index is 388. The minimum Gasteiger partial charge on any atom is -0.478 e. The molecule has 1 aromatic rings. The summed E-state index contributed by atoms with van der Waals surface area (Å²) in [6.07, 6.45) is 1.73. The van der Waals surface area contributed by atoms with Gasteiger partial charge in [0.05, 0.1) is 5.56 Å². The van der Waals surface area contributed by atoms with Crippen molar-refractivity contribution in [3.8, 4) is 0 Å². The Balaban J connectivity index is 2.93. The number of halogens is 1. The molecule has 1 aromatic carbocycles. The van der Waals surface area contributed by atoms with Crippen LogP contribution in [0.2, 0.25) is 0 Å². The number of methoxy groups -OCH3 is 1. The fourth-order valence-electron chi connectivity index (χ4n) is 1.53. The van der Waals surface area contributed by atoms with Gasteiger partial charge in [0.1, 0.15) is 0 Å². The van der Waals surface area contributed by atoms with Gasteiger partial charge in [0.25, 0.3) is 0 Å². The van der Waals surface area contributed by atoms with Crippen molar-refractivity contribution < 1.29 is 14.6 Å². The first-order valence-corrected chi connectivity index (χ1v) is 5.86. The summed E-state index contributed by atoms with van der Waals surface area (Å²) in [6.45, 7) is 2.67. The zero-order valence-corrected chi connectivity index (χ0v) is 11.0. The Hall–Kier alpha value is -0.870. The number of rotatable bonds is 5. The van der Waals surface area contributed by atoms with Crippen LogP contribution in [-0.4, -0.2) is 24.8 Å². The zero-order chi connectivity index (χ0) is 12.1. The molecule has 0 heterocycles. The molecule has 0 bridgehead atoms. The second-order valence-corrected chi connectivity index (χ2v) is 4.50. The molecule has 0 spiro atoms. The van der Waals surface area contributed by atoms with E-state index >= 15 is 0 Å². The van der Waals surface area contributed by atoms with E-state index in [0.29, 0.717) is 12.2 Å². The van der Waals surface area contributed by atoms with Crippen LogP contribution >= 0.6 is 15.9 Å². The summed E-state index contributed by atoms with van der Waals surface area (Å²) in [4.78, 5) is 10.9. The highest BCUT2D eigenvalue weighted by Gasteiger charge is 2.09. The molecule has 0 aliphatic heterocycles. The van der Waals surface area contributed by atoms with Crippen molar-refractivity contribution in [1.82, 2.24) is 0 Å². The maximum atomic E-state index is 10.9. The summed E-state index contributed by atoms with van der Waals surface area (Å²) in [5, 5.41) is 8.95. The zero-order valence-electron chi connectivity index (χ0n) is 9.42. The predicted octanol–water partition coefficient (Wildman–Crippen LogP) is 3.03. The summed E-state index contributed by atoms with van der Waals surface area (Å²) in [5.74, 6) is -0.895. The van der Waals surface area contributed by atoms with Crippen LogP contribution in [-0.2, 0) is 11.2 Å². The third-order valence-corrected chi connectivity index (χ3v) is 3.32. The molecule has 0 aliphatic rings. The molecule has 16 heavy (non-hydrogen) atoms. The molecule has 0 fully saturated rings. The van der Waals surface area contributed by atoms with E-state index in [1.807, 2.05) is 6.92 Å². The second kappa shape index (κ2) is 6.01. The number of carboxylic acids is 1. The molecular formula is C12H15BrO3. The Kier molecular flexibility index (Phi) is 4.96. The first-order chi connectivity index (χ1) is 7.56. The Labute approximate surface area is 104 Å². The normalized spacial score (nSPS) is 10.4. The molecule has 0 saturated heterocycles. The molecule has 1 N–H and O–H groups in total. The van der Waals surface area contributed by atoms with Crippen LogP contribution in [0.3, 0.4) is 0 Å². The van der Waals surface area contributed by atoms with Crippen LogP contribution in [0.5, 0.6) is 0 Å². The number of carboxylic acid groups (broad SMARTS) is 1. The Morgan fingerprint density at radius 1 is 1.50 bits per heavy atom. The molecule has 1 rings (SSSR count). The number of aromatic carboxylic acids is 1. The first-order valence-electron chi connectivity index (χ1n) is 5.07. The van der Waals surface area contributed by atoms with Crippen molar-refractivity contribution in [1.29, 1.82) is 0 Å². The highest BCUT2D eigenvalue weighted by molar-refractivity contribution is 9.10. The van der Waals surface area contributed by atoms with Gasteiger partial charge in [-0.2, -0.15) is 0 Å². The number of hydrogen-bond acceptors (Lipinski definition) is 2. The lowest BCUT2D eigenvalue weighted by molar-refractivity contribution is 0.0696. The molecule has 3 nitrogen and oxygen atoms in total. The molecule has 0 radical (unpaired) electrons. The SMILES string of the molecule is COCCCc1cc(C(=O)O)cc(Br)c1C. The number of benzene rings is 1. The smallest absolute Gasteiger partial charge is 0.335 e. The second-order valence-electron chi connectivity index (χ2n) is 3.64. The molecule has 0 saturated carbocycles. The van der Waals surface area contributed by atoms with Gasteiger partial charge in [0.2, 0.25) is 0 Å². The van der Waals surface area contributed by atoms with Crippen LogP contribution in [0.4, 0.5) is 0 Å². The summed E-state index contributed by atoms with van der Waals surface area (Å²) < 4.78 is 5.83. The van der Waals surface area contributed by atoms with Gasteiger partial charge in [0, 0.05) is 18.2 Å². The minimum absolute atomic E-state index is 0.324.